The molecule has 0 saturated heterocycles. The molecule has 6 rings (SSSR count). The number of carboxylic acid groups (broad SMARTS) is 1. The first-order chi connectivity index (χ1) is 35.2. The molecule has 0 aliphatic heterocycles. The number of nitrogens with one attached hydrogen (secondary N) is 3. The van der Waals surface area contributed by atoms with E-state index in [1.54, 1.807) is 93.6 Å². The fraction of sp³-hybridized carbons (Fsp3) is 0.306. The van der Waals surface area contributed by atoms with E-state index >= 15 is 8.42 Å². The Bertz CT molecular complexity index is 3080. The molecule has 23 nitrogen and oxygen atoms in total. The molecule has 74 heavy (non-hydrogen) atoms. The molecule has 0 spiro atoms. The highest BCUT2D eigenvalue weighted by atomic mass is 32.2. The number of carbonyl (C=O) groups is 3. The van der Waals surface area contributed by atoms with Gasteiger partial charge in [-0.2, -0.15) is 9.10 Å². The summed E-state index contributed by atoms with van der Waals surface area (Å²) in [6.07, 6.45) is -1.90. The van der Waals surface area contributed by atoms with Crippen molar-refractivity contribution in [1.29, 1.82) is 0 Å². The molecular formula is C49H58N10O13S2. The van der Waals surface area contributed by atoms with Crippen LogP contribution in [-0.4, -0.2) is 129 Å². The highest BCUT2D eigenvalue weighted by molar-refractivity contribution is 7.92. The first-order valence-electron chi connectivity index (χ1n) is 22.7. The van der Waals surface area contributed by atoms with Crippen LogP contribution in [0.2, 0.25) is 0 Å². The van der Waals surface area contributed by atoms with Gasteiger partial charge in [-0.05, 0) is 96.8 Å². The summed E-state index contributed by atoms with van der Waals surface area (Å²) >= 11 is 0. The van der Waals surface area contributed by atoms with Gasteiger partial charge in [0.2, 0.25) is 32.3 Å². The Balaban J connectivity index is 1.63. The molecule has 0 fully saturated rings. The first-order valence-corrected chi connectivity index (χ1v) is 25.6. The number of amides is 3. The Morgan fingerprint density at radius 3 is 1.88 bits per heavy atom. The van der Waals surface area contributed by atoms with E-state index in [1.807, 2.05) is 0 Å². The van der Waals surface area contributed by atoms with E-state index in [1.165, 1.54) is 50.4 Å². The number of methoxy groups -OCH3 is 3. The number of benzene rings is 5. The van der Waals surface area contributed by atoms with Crippen LogP contribution in [0.25, 0.3) is 22.5 Å². The summed E-state index contributed by atoms with van der Waals surface area (Å²) < 4.78 is 86.8. The number of aliphatic hydroxyl groups is 1. The normalized spacial score (nSPS) is 12.2. The molecule has 1 aromatic heterocycles. The zero-order chi connectivity index (χ0) is 53.8. The van der Waals surface area contributed by atoms with Crippen molar-refractivity contribution in [3.8, 4) is 39.8 Å². The third kappa shape index (κ3) is 14.0. The summed E-state index contributed by atoms with van der Waals surface area (Å²) in [7, 11) is -5.52. The Morgan fingerprint density at radius 2 is 1.36 bits per heavy atom. The number of sulfonamides is 2. The molecule has 1 heterocycles. The number of ether oxygens (including phenoxy) is 4. The number of hydrogen-bond acceptors (Lipinski definition) is 16. The number of aliphatic hydroxyl groups excluding tert-OH is 1. The number of nitrogen functional groups attached to an aromatic ring is 1. The molecule has 0 radical (unpaired) electrons. The number of carbonyl (C=O) groups excluding carboxylic acids is 2. The average molecular weight is 1060 g/mol. The molecule has 7 N–H and O–H groups in total. The smallest absolute Gasteiger partial charge is 0.407 e. The summed E-state index contributed by atoms with van der Waals surface area (Å²) in [5.41, 5.74) is 7.27. The number of tetrazole rings is 1. The highest BCUT2D eigenvalue weighted by Crippen LogP contribution is 2.44. The van der Waals surface area contributed by atoms with Crippen molar-refractivity contribution in [2.24, 2.45) is 0 Å². The minimum Gasteiger partial charge on any atom is -0.497 e. The third-order valence-corrected chi connectivity index (χ3v) is 14.6. The molecule has 25 heteroatoms. The van der Waals surface area contributed by atoms with Crippen molar-refractivity contribution >= 4 is 50.0 Å². The third-order valence-electron chi connectivity index (χ3n) is 11.1. The number of nitrogens with two attached hydrogens (primary N) is 1. The lowest BCUT2D eigenvalue weighted by molar-refractivity contribution is -0.107. The number of hydrogen-bond donors (Lipinski definition) is 6. The van der Waals surface area contributed by atoms with Gasteiger partial charge in [0.1, 0.15) is 32.6 Å². The maximum Gasteiger partial charge on any atom is 0.407 e. The maximum atomic E-state index is 16.1. The van der Waals surface area contributed by atoms with Crippen LogP contribution in [0.5, 0.6) is 17.2 Å². The summed E-state index contributed by atoms with van der Waals surface area (Å²) in [6.45, 7) is 2.61. The van der Waals surface area contributed by atoms with Crippen LogP contribution in [0.1, 0.15) is 37.5 Å². The number of para-hydroxylation sites is 1. The molecular weight excluding hydrogens is 1000 g/mol. The summed E-state index contributed by atoms with van der Waals surface area (Å²) in [4.78, 5) is 37.4. The molecule has 0 bridgehead atoms. The van der Waals surface area contributed by atoms with Crippen molar-refractivity contribution in [2.75, 3.05) is 58.2 Å². The number of aromatic nitrogens is 4. The van der Waals surface area contributed by atoms with Crippen LogP contribution in [0.4, 0.5) is 21.0 Å². The van der Waals surface area contributed by atoms with E-state index in [0.29, 0.717) is 40.3 Å². The second-order valence-corrected chi connectivity index (χ2v) is 21.0. The van der Waals surface area contributed by atoms with Crippen LogP contribution in [0.3, 0.4) is 0 Å². The quantitative estimate of drug-likeness (QED) is 0.0277. The summed E-state index contributed by atoms with van der Waals surface area (Å²) in [5.74, 6) is 1.22. The van der Waals surface area contributed by atoms with Gasteiger partial charge in [-0.1, -0.05) is 54.6 Å². The molecule has 5 aromatic carbocycles. The number of anilines is 2. The predicted molar refractivity (Wildman–Crippen MR) is 272 cm³/mol. The lowest BCUT2D eigenvalue weighted by Gasteiger charge is -2.27. The second-order valence-electron chi connectivity index (χ2n) is 17.4. The number of rotatable bonds is 24. The lowest BCUT2D eigenvalue weighted by Crippen LogP contribution is -2.45. The summed E-state index contributed by atoms with van der Waals surface area (Å²) in [5, 5.41) is 37.3. The van der Waals surface area contributed by atoms with E-state index in [2.05, 4.69) is 30.8 Å². The Hall–Kier alpha value is -7.84. The van der Waals surface area contributed by atoms with Gasteiger partial charge < -0.3 is 50.4 Å². The minimum absolute atomic E-state index is 0.0159. The van der Waals surface area contributed by atoms with Crippen molar-refractivity contribution in [2.45, 2.75) is 61.8 Å². The van der Waals surface area contributed by atoms with E-state index in [-0.39, 0.29) is 66.6 Å². The molecule has 0 aliphatic carbocycles. The number of alkyl carbamates (subject to hydrolysis) is 1. The SMILES string of the molecule is COc1ccc(CN(Cc2ccc(OC)cc2)S(=O)(=O)c2c(S(=O)(=O)NCCNC(=O)OC(C)(C)C)ccc(-c3cccc(N(C=O)C[C@@H](CO)NC(=O)O)c3N)c2-c2nnn(Cc3ccc(OC)cc3)n2)cc1. The average Bonchev–Trinajstić information content (AvgIpc) is 3.84. The van der Waals surface area contributed by atoms with Crippen molar-refractivity contribution in [3.05, 3.63) is 120 Å². The van der Waals surface area contributed by atoms with Crippen molar-refractivity contribution in [3.63, 3.8) is 0 Å². The van der Waals surface area contributed by atoms with Crippen molar-refractivity contribution < 1.29 is 60.4 Å². The van der Waals surface area contributed by atoms with Gasteiger partial charge in [0, 0.05) is 38.3 Å². The molecule has 0 unspecified atom stereocenters. The monoisotopic (exact) mass is 1060 g/mol. The minimum atomic E-state index is -5.12. The van der Waals surface area contributed by atoms with Crippen LogP contribution >= 0.6 is 0 Å². The highest BCUT2D eigenvalue weighted by Gasteiger charge is 2.38. The zero-order valence-electron chi connectivity index (χ0n) is 41.4. The second kappa shape index (κ2) is 24.3. The fourth-order valence-corrected chi connectivity index (χ4v) is 11.0. The molecule has 3 amide bonds. The maximum absolute atomic E-state index is 16.1. The zero-order valence-corrected chi connectivity index (χ0v) is 43.0. The Morgan fingerprint density at radius 1 is 0.797 bits per heavy atom. The fourth-order valence-electron chi connectivity index (χ4n) is 7.55. The Labute approximate surface area is 428 Å². The first kappa shape index (κ1) is 55.5. The van der Waals surface area contributed by atoms with Gasteiger partial charge in [-0.15, -0.1) is 10.2 Å². The molecule has 394 valence electrons. The largest absolute Gasteiger partial charge is 0.497 e. The van der Waals surface area contributed by atoms with Gasteiger partial charge in [0.25, 0.3) is 0 Å². The molecule has 1 atom stereocenters. The predicted octanol–water partition coefficient (Wildman–Crippen LogP) is 4.45. The van der Waals surface area contributed by atoms with Gasteiger partial charge in [-0.3, -0.25) is 4.79 Å². The molecule has 6 aromatic rings. The Kier molecular flexibility index (Phi) is 18.2. The van der Waals surface area contributed by atoms with E-state index < -0.39 is 66.8 Å². The van der Waals surface area contributed by atoms with E-state index in [9.17, 15) is 33.0 Å². The van der Waals surface area contributed by atoms with Gasteiger partial charge >= 0.3 is 12.2 Å². The van der Waals surface area contributed by atoms with Crippen LogP contribution in [0, 0.1) is 0 Å². The van der Waals surface area contributed by atoms with Crippen LogP contribution < -0.4 is 40.2 Å². The van der Waals surface area contributed by atoms with Crippen molar-refractivity contribution in [1.82, 2.24) is 39.9 Å². The summed E-state index contributed by atoms with van der Waals surface area (Å²) in [6, 6.07) is 25.9. The molecule has 0 saturated carbocycles. The van der Waals surface area contributed by atoms with Gasteiger partial charge in [-0.25, -0.2) is 31.1 Å². The van der Waals surface area contributed by atoms with E-state index in [0.717, 1.165) is 15.3 Å². The van der Waals surface area contributed by atoms with Crippen LogP contribution in [-0.2, 0) is 49.2 Å². The topological polar surface area (TPSA) is 309 Å². The molecule has 0 aliphatic rings. The lowest BCUT2D eigenvalue weighted by atomic mass is 9.96. The van der Waals surface area contributed by atoms with Gasteiger partial charge in [0.05, 0.1) is 57.5 Å². The van der Waals surface area contributed by atoms with Crippen LogP contribution in [0.15, 0.2) is 113 Å². The van der Waals surface area contributed by atoms with E-state index in [4.69, 9.17) is 24.7 Å². The number of nitrogens with zero attached hydrogens (tertiary/aromatic N) is 6. The van der Waals surface area contributed by atoms with Gasteiger partial charge in [0.15, 0.2) is 0 Å². The standard InChI is InChI=1S/C49H58N10O13S2/c1-49(2,3)72-48(64)51-24-25-52-73(65,66)42-23-22-39(40-8-7-9-41(44(40)50)57(31-61)29-35(30-60)53-47(62)63)43(46-54-56-59(55-46)28-34-14-20-38(71-6)21-15-34)45(42)74(67,68)58(26-32-10-16-36(69-4)17-11-32)27-33-12-18-37(70-5)19-13-33/h7-23,31,35,52-53,60H,24-30,50H2,1-6H3,(H,51,64)(H,62,63)/t35-/m0/s1.